The highest BCUT2D eigenvalue weighted by Crippen LogP contribution is 2.58. The van der Waals surface area contributed by atoms with E-state index in [-0.39, 0.29) is 6.08 Å². The Morgan fingerprint density at radius 3 is 1.76 bits per heavy atom. The van der Waals surface area contributed by atoms with E-state index in [1.807, 2.05) is 43.3 Å². The zero-order valence-corrected chi connectivity index (χ0v) is 19.8. The molecule has 0 bridgehead atoms. The predicted octanol–water partition coefficient (Wildman–Crippen LogP) is 5.08. The molecule has 0 saturated carbocycles. The van der Waals surface area contributed by atoms with Crippen LogP contribution in [0.25, 0.3) is 10.9 Å². The second-order valence-electron chi connectivity index (χ2n) is 7.99. The van der Waals surface area contributed by atoms with Crippen LogP contribution in [0, 0.1) is 0 Å². The molecule has 1 aromatic heterocycles. The van der Waals surface area contributed by atoms with Crippen LogP contribution < -0.4 is 26.3 Å². The van der Waals surface area contributed by atoms with Crippen LogP contribution in [-0.4, -0.2) is 11.6 Å². The summed E-state index contributed by atoms with van der Waals surface area (Å²) in [5.41, 5.74) is 1.09. The molecular weight excluding hydrogens is 441 g/mol. The standard InChI is InChI=1S/C29H25NO3P/c1-2-32-29-30-26-20-12-13-22(27(26)28(31)33-29)21-34(23-14-6-3-7-15-23,24-16-8-4-9-17-24)25-18-10-5-11-19-25/h3-20H,2,21H2,1H3/q+1. The SMILES string of the molecule is CCOc1nc2cccc(C[P+](c3ccccc3)(c3ccccc3)c3ccccc3)c2c(=O)o1. The van der Waals surface area contributed by atoms with Crippen molar-refractivity contribution in [2.24, 2.45) is 0 Å². The van der Waals surface area contributed by atoms with Crippen LogP contribution in [0.1, 0.15) is 12.5 Å². The van der Waals surface area contributed by atoms with Crippen molar-refractivity contribution in [2.75, 3.05) is 6.61 Å². The predicted molar refractivity (Wildman–Crippen MR) is 140 cm³/mol. The molecule has 5 aromatic rings. The molecule has 4 nitrogen and oxygen atoms in total. The smallest absolute Gasteiger partial charge is 0.397 e. The third-order valence-electron chi connectivity index (χ3n) is 5.99. The second kappa shape index (κ2) is 9.62. The fourth-order valence-electron chi connectivity index (χ4n) is 4.51. The fraction of sp³-hybridized carbons (Fsp3) is 0.103. The number of rotatable bonds is 7. The van der Waals surface area contributed by atoms with E-state index in [2.05, 4.69) is 77.8 Å². The summed E-state index contributed by atoms with van der Waals surface area (Å²) in [7, 11) is -2.16. The number of hydrogen-bond acceptors (Lipinski definition) is 4. The van der Waals surface area contributed by atoms with E-state index in [1.165, 1.54) is 15.9 Å². The molecule has 0 saturated heterocycles. The number of ether oxygens (including phenoxy) is 1. The Labute approximate surface area is 199 Å². The first-order chi connectivity index (χ1) is 16.7. The fourth-order valence-corrected chi connectivity index (χ4v) is 8.77. The Balaban J connectivity index is 1.80. The number of nitrogens with zero attached hydrogens (tertiary/aromatic N) is 1. The van der Waals surface area contributed by atoms with Crippen molar-refractivity contribution in [3.05, 3.63) is 125 Å². The van der Waals surface area contributed by atoms with Crippen molar-refractivity contribution in [1.29, 1.82) is 0 Å². The van der Waals surface area contributed by atoms with Crippen molar-refractivity contribution >= 4 is 34.1 Å². The lowest BCUT2D eigenvalue weighted by molar-refractivity contribution is 0.229. The molecule has 0 aliphatic heterocycles. The van der Waals surface area contributed by atoms with Gasteiger partial charge in [-0.1, -0.05) is 66.7 Å². The van der Waals surface area contributed by atoms with Gasteiger partial charge in [0.2, 0.25) is 0 Å². The van der Waals surface area contributed by atoms with Gasteiger partial charge in [0.1, 0.15) is 23.2 Å². The monoisotopic (exact) mass is 466 g/mol. The van der Waals surface area contributed by atoms with Gasteiger partial charge in [0.25, 0.3) is 0 Å². The van der Waals surface area contributed by atoms with E-state index in [4.69, 9.17) is 9.15 Å². The van der Waals surface area contributed by atoms with E-state index < -0.39 is 12.9 Å². The molecular formula is C29H25NO3P+. The molecule has 5 rings (SSSR count). The molecule has 0 aliphatic carbocycles. The molecule has 0 aliphatic rings. The van der Waals surface area contributed by atoms with Gasteiger partial charge in [0.15, 0.2) is 0 Å². The van der Waals surface area contributed by atoms with E-state index in [9.17, 15) is 4.79 Å². The molecule has 0 atom stereocenters. The number of aromatic nitrogens is 1. The van der Waals surface area contributed by atoms with E-state index in [0.29, 0.717) is 23.7 Å². The molecule has 0 fully saturated rings. The van der Waals surface area contributed by atoms with Crippen LogP contribution >= 0.6 is 7.26 Å². The Hall–Kier alpha value is -3.75. The lowest BCUT2D eigenvalue weighted by Crippen LogP contribution is -2.32. The summed E-state index contributed by atoms with van der Waals surface area (Å²) in [5.74, 6) is 0. The summed E-state index contributed by atoms with van der Waals surface area (Å²) in [4.78, 5) is 17.6. The van der Waals surface area contributed by atoms with Crippen LogP contribution in [-0.2, 0) is 6.16 Å². The van der Waals surface area contributed by atoms with E-state index in [1.54, 1.807) is 0 Å². The first kappa shape index (κ1) is 22.1. The highest BCUT2D eigenvalue weighted by Gasteiger charge is 2.45. The van der Waals surface area contributed by atoms with Crippen LogP contribution in [0.15, 0.2) is 118 Å². The first-order valence-electron chi connectivity index (χ1n) is 11.3. The quantitative estimate of drug-likeness (QED) is 0.314. The van der Waals surface area contributed by atoms with Crippen LogP contribution in [0.2, 0.25) is 0 Å². The second-order valence-corrected chi connectivity index (χ2v) is 11.5. The lowest BCUT2D eigenvalue weighted by Gasteiger charge is -2.28. The van der Waals surface area contributed by atoms with Crippen molar-refractivity contribution in [2.45, 2.75) is 13.1 Å². The molecule has 0 amide bonds. The summed E-state index contributed by atoms with van der Waals surface area (Å²) in [5, 5.41) is 4.28. The van der Waals surface area contributed by atoms with E-state index >= 15 is 0 Å². The normalized spacial score (nSPS) is 11.4. The van der Waals surface area contributed by atoms with Gasteiger partial charge in [0.05, 0.1) is 23.7 Å². The lowest BCUT2D eigenvalue weighted by atomic mass is 10.1. The van der Waals surface area contributed by atoms with Gasteiger partial charge in [-0.3, -0.25) is 0 Å². The Kier molecular flexibility index (Phi) is 6.24. The van der Waals surface area contributed by atoms with Gasteiger partial charge in [-0.05, 0) is 49.4 Å². The minimum absolute atomic E-state index is 0.00684. The molecule has 0 spiro atoms. The Morgan fingerprint density at radius 2 is 1.26 bits per heavy atom. The third kappa shape index (κ3) is 4.02. The van der Waals surface area contributed by atoms with Crippen molar-refractivity contribution < 1.29 is 9.15 Å². The van der Waals surface area contributed by atoms with Crippen LogP contribution in [0.3, 0.4) is 0 Å². The topological polar surface area (TPSA) is 52.3 Å². The van der Waals surface area contributed by atoms with Crippen molar-refractivity contribution in [3.8, 4) is 6.08 Å². The largest absolute Gasteiger partial charge is 0.450 e. The van der Waals surface area contributed by atoms with Gasteiger partial charge in [-0.25, -0.2) is 4.79 Å². The number of benzene rings is 4. The number of hydrogen-bond donors (Lipinski definition) is 0. The molecule has 1 heterocycles. The van der Waals surface area contributed by atoms with Crippen molar-refractivity contribution in [3.63, 3.8) is 0 Å². The summed E-state index contributed by atoms with van der Waals surface area (Å²) in [6.45, 7) is 2.21. The minimum Gasteiger partial charge on any atom is -0.450 e. The maximum Gasteiger partial charge on any atom is 0.397 e. The average Bonchev–Trinajstić information content (AvgIpc) is 2.89. The Morgan fingerprint density at radius 1 is 0.735 bits per heavy atom. The first-order valence-corrected chi connectivity index (χ1v) is 13.3. The minimum atomic E-state index is -2.16. The highest BCUT2D eigenvalue weighted by molar-refractivity contribution is 7.95. The van der Waals surface area contributed by atoms with E-state index in [0.717, 1.165) is 5.56 Å². The molecule has 0 N–H and O–H groups in total. The highest BCUT2D eigenvalue weighted by atomic mass is 31.2. The zero-order chi connectivity index (χ0) is 23.4. The maximum atomic E-state index is 13.1. The third-order valence-corrected chi connectivity index (χ3v) is 10.3. The summed E-state index contributed by atoms with van der Waals surface area (Å²) >= 11 is 0. The van der Waals surface area contributed by atoms with Gasteiger partial charge < -0.3 is 9.15 Å². The van der Waals surface area contributed by atoms with Gasteiger partial charge in [-0.2, -0.15) is 4.98 Å². The molecule has 0 radical (unpaired) electrons. The molecule has 0 unspecified atom stereocenters. The summed E-state index contributed by atoms with van der Waals surface area (Å²) in [6.07, 6.45) is 0.676. The molecule has 168 valence electrons. The molecule has 4 aromatic carbocycles. The Bertz CT molecular complexity index is 1350. The maximum absolute atomic E-state index is 13.1. The summed E-state index contributed by atoms with van der Waals surface area (Å²) < 4.78 is 10.8. The van der Waals surface area contributed by atoms with Gasteiger partial charge >= 0.3 is 11.7 Å². The average molecular weight is 466 g/mol. The molecule has 34 heavy (non-hydrogen) atoms. The van der Waals surface area contributed by atoms with Crippen molar-refractivity contribution in [1.82, 2.24) is 4.98 Å². The van der Waals surface area contributed by atoms with Crippen LogP contribution in [0.5, 0.6) is 6.08 Å². The van der Waals surface area contributed by atoms with Gasteiger partial charge in [0, 0.05) is 5.56 Å². The number of fused-ring (bicyclic) bond motifs is 1. The van der Waals surface area contributed by atoms with Crippen LogP contribution in [0.4, 0.5) is 0 Å². The summed E-state index contributed by atoms with van der Waals surface area (Å²) in [6, 6.07) is 37.7. The zero-order valence-electron chi connectivity index (χ0n) is 18.9. The molecule has 5 heteroatoms. The van der Waals surface area contributed by atoms with Gasteiger partial charge in [-0.15, -0.1) is 0 Å².